The van der Waals surface area contributed by atoms with Crippen molar-refractivity contribution < 1.29 is 23.5 Å². The number of esters is 1. The predicted molar refractivity (Wildman–Crippen MR) is 86.8 cm³/mol. The summed E-state index contributed by atoms with van der Waals surface area (Å²) in [5.41, 5.74) is -0.110. The zero-order valence-corrected chi connectivity index (χ0v) is 14.1. The van der Waals surface area contributed by atoms with Crippen molar-refractivity contribution in [2.75, 3.05) is 13.7 Å². The second-order valence-corrected chi connectivity index (χ2v) is 5.65. The van der Waals surface area contributed by atoms with E-state index in [1.54, 1.807) is 19.9 Å². The molecule has 0 aliphatic heterocycles. The van der Waals surface area contributed by atoms with Gasteiger partial charge in [-0.1, -0.05) is 26.0 Å². The van der Waals surface area contributed by atoms with Crippen LogP contribution >= 0.6 is 0 Å². The lowest BCUT2D eigenvalue weighted by Gasteiger charge is -2.21. The number of rotatable bonds is 8. The van der Waals surface area contributed by atoms with Gasteiger partial charge < -0.3 is 15.4 Å². The van der Waals surface area contributed by atoms with Crippen molar-refractivity contribution in [3.63, 3.8) is 0 Å². The molecular formula is C17H23FN2O4. The molecule has 0 saturated heterocycles. The fourth-order valence-electron chi connectivity index (χ4n) is 2.06. The van der Waals surface area contributed by atoms with Crippen molar-refractivity contribution in [1.29, 1.82) is 0 Å². The summed E-state index contributed by atoms with van der Waals surface area (Å²) in [5, 5.41) is 5.21. The van der Waals surface area contributed by atoms with Crippen molar-refractivity contribution >= 4 is 17.8 Å². The Morgan fingerprint density at radius 1 is 1.21 bits per heavy atom. The van der Waals surface area contributed by atoms with Crippen molar-refractivity contribution in [2.45, 2.75) is 32.7 Å². The summed E-state index contributed by atoms with van der Waals surface area (Å²) in [6.45, 7) is 3.84. The normalized spacial score (nSPS) is 11.7. The van der Waals surface area contributed by atoms with Crippen LogP contribution in [-0.2, 0) is 14.3 Å². The van der Waals surface area contributed by atoms with Crippen LogP contribution in [0.2, 0.25) is 0 Å². The topological polar surface area (TPSA) is 84.5 Å². The first-order valence-corrected chi connectivity index (χ1v) is 7.76. The number of nitrogens with one attached hydrogen (secondary N) is 2. The third-order valence-corrected chi connectivity index (χ3v) is 3.44. The Balaban J connectivity index is 2.60. The summed E-state index contributed by atoms with van der Waals surface area (Å²) in [7, 11) is 1.30. The van der Waals surface area contributed by atoms with Crippen molar-refractivity contribution in [2.24, 2.45) is 5.92 Å². The Bertz CT molecular complexity index is 590. The molecule has 0 aromatic heterocycles. The zero-order chi connectivity index (χ0) is 18.1. The van der Waals surface area contributed by atoms with Crippen LogP contribution in [0.4, 0.5) is 4.39 Å². The predicted octanol–water partition coefficient (Wildman–Crippen LogP) is 1.65. The van der Waals surface area contributed by atoms with Crippen LogP contribution in [0.5, 0.6) is 0 Å². The summed E-state index contributed by atoms with van der Waals surface area (Å²) < 4.78 is 18.2. The molecule has 0 aliphatic rings. The number of benzene rings is 1. The smallest absolute Gasteiger partial charge is 0.305 e. The van der Waals surface area contributed by atoms with E-state index in [-0.39, 0.29) is 36.3 Å². The van der Waals surface area contributed by atoms with Gasteiger partial charge >= 0.3 is 5.97 Å². The second kappa shape index (κ2) is 9.64. The average Bonchev–Trinajstić information content (AvgIpc) is 2.55. The van der Waals surface area contributed by atoms with Gasteiger partial charge in [-0.05, 0) is 24.5 Å². The molecule has 1 aromatic carbocycles. The number of amides is 2. The number of halogens is 1. The van der Waals surface area contributed by atoms with E-state index in [0.717, 1.165) is 0 Å². The Morgan fingerprint density at radius 2 is 1.88 bits per heavy atom. The molecule has 6 nitrogen and oxygen atoms in total. The van der Waals surface area contributed by atoms with E-state index in [9.17, 15) is 18.8 Å². The molecule has 1 rings (SSSR count). The molecule has 7 heteroatoms. The lowest BCUT2D eigenvalue weighted by molar-refractivity contribution is -0.140. The number of carbonyl (C=O) groups excluding carboxylic acids is 3. The maximum Gasteiger partial charge on any atom is 0.305 e. The molecule has 132 valence electrons. The molecule has 2 N–H and O–H groups in total. The van der Waals surface area contributed by atoms with E-state index >= 15 is 0 Å². The first kappa shape index (κ1) is 19.6. The highest BCUT2D eigenvalue weighted by Gasteiger charge is 2.25. The lowest BCUT2D eigenvalue weighted by atomic mass is 10.0. The fourth-order valence-corrected chi connectivity index (χ4v) is 2.06. The van der Waals surface area contributed by atoms with Crippen LogP contribution in [0.1, 0.15) is 37.0 Å². The Hall–Kier alpha value is -2.44. The molecule has 0 fully saturated rings. The molecule has 1 atom stereocenters. The minimum atomic E-state index is -0.796. The highest BCUT2D eigenvalue weighted by Crippen LogP contribution is 2.09. The van der Waals surface area contributed by atoms with Gasteiger partial charge in [-0.3, -0.25) is 14.4 Å². The lowest BCUT2D eigenvalue weighted by Crippen LogP contribution is -2.50. The SMILES string of the molecule is COC(=O)CCCNC(=O)C(NC(=O)c1ccccc1F)C(C)C. The number of carbonyl (C=O) groups is 3. The van der Waals surface area contributed by atoms with Crippen LogP contribution in [0, 0.1) is 11.7 Å². The molecule has 0 radical (unpaired) electrons. The molecule has 1 unspecified atom stereocenters. The van der Waals surface area contributed by atoms with Crippen LogP contribution in [0.25, 0.3) is 0 Å². The van der Waals surface area contributed by atoms with Gasteiger partial charge in [0.15, 0.2) is 0 Å². The summed E-state index contributed by atoms with van der Waals surface area (Å²) in [6.07, 6.45) is 0.634. The van der Waals surface area contributed by atoms with Gasteiger partial charge in [-0.2, -0.15) is 0 Å². The van der Waals surface area contributed by atoms with Gasteiger partial charge in [-0.25, -0.2) is 4.39 Å². The first-order chi connectivity index (χ1) is 11.4. The maximum absolute atomic E-state index is 13.6. The summed E-state index contributed by atoms with van der Waals surface area (Å²) in [6, 6.07) is 4.79. The van der Waals surface area contributed by atoms with Gasteiger partial charge in [0.2, 0.25) is 5.91 Å². The summed E-state index contributed by atoms with van der Waals surface area (Å²) in [5.74, 6) is -2.19. The standard InChI is InChI=1S/C17H23FN2O4/c1-11(2)15(17(23)19-10-6-9-14(21)24-3)20-16(22)12-7-4-5-8-13(12)18/h4-5,7-8,11,15H,6,9-10H2,1-3H3,(H,19,23)(H,20,22). The van der Waals surface area contributed by atoms with E-state index in [1.165, 1.54) is 25.3 Å². The second-order valence-electron chi connectivity index (χ2n) is 5.65. The molecule has 24 heavy (non-hydrogen) atoms. The minimum absolute atomic E-state index is 0.110. The van der Waals surface area contributed by atoms with Gasteiger partial charge in [0, 0.05) is 13.0 Å². The molecule has 2 amide bonds. The van der Waals surface area contributed by atoms with Gasteiger partial charge in [-0.15, -0.1) is 0 Å². The van der Waals surface area contributed by atoms with Crippen molar-refractivity contribution in [1.82, 2.24) is 10.6 Å². The number of hydrogen-bond acceptors (Lipinski definition) is 4. The van der Waals surface area contributed by atoms with E-state index < -0.39 is 17.8 Å². The molecular weight excluding hydrogens is 315 g/mol. The molecule has 0 spiro atoms. The van der Waals surface area contributed by atoms with E-state index in [2.05, 4.69) is 15.4 Å². The first-order valence-electron chi connectivity index (χ1n) is 7.76. The molecule has 1 aromatic rings. The van der Waals surface area contributed by atoms with Gasteiger partial charge in [0.1, 0.15) is 11.9 Å². The number of hydrogen-bond donors (Lipinski definition) is 2. The van der Waals surface area contributed by atoms with E-state index in [4.69, 9.17) is 0 Å². The van der Waals surface area contributed by atoms with Crippen LogP contribution < -0.4 is 10.6 Å². The van der Waals surface area contributed by atoms with Gasteiger partial charge in [0.05, 0.1) is 12.7 Å². The fraction of sp³-hybridized carbons (Fsp3) is 0.471. The molecule has 0 aliphatic carbocycles. The maximum atomic E-state index is 13.6. The van der Waals surface area contributed by atoms with E-state index in [1.807, 2.05) is 0 Å². The Morgan fingerprint density at radius 3 is 2.46 bits per heavy atom. The van der Waals surface area contributed by atoms with Crippen LogP contribution in [-0.4, -0.2) is 37.5 Å². The highest BCUT2D eigenvalue weighted by molar-refractivity contribution is 5.97. The Kier molecular flexibility index (Phi) is 7.88. The molecule has 0 saturated carbocycles. The Labute approximate surface area is 140 Å². The quantitative estimate of drug-likeness (QED) is 0.558. The summed E-state index contributed by atoms with van der Waals surface area (Å²) in [4.78, 5) is 35.4. The zero-order valence-electron chi connectivity index (χ0n) is 14.1. The van der Waals surface area contributed by atoms with Crippen molar-refractivity contribution in [3.8, 4) is 0 Å². The summed E-state index contributed by atoms with van der Waals surface area (Å²) >= 11 is 0. The largest absolute Gasteiger partial charge is 0.469 e. The average molecular weight is 338 g/mol. The van der Waals surface area contributed by atoms with Crippen LogP contribution in [0.3, 0.4) is 0 Å². The number of methoxy groups -OCH3 is 1. The van der Waals surface area contributed by atoms with E-state index in [0.29, 0.717) is 6.42 Å². The van der Waals surface area contributed by atoms with Gasteiger partial charge in [0.25, 0.3) is 5.91 Å². The third-order valence-electron chi connectivity index (χ3n) is 3.44. The number of ether oxygens (including phenoxy) is 1. The third kappa shape index (κ3) is 5.98. The van der Waals surface area contributed by atoms with Crippen molar-refractivity contribution in [3.05, 3.63) is 35.6 Å². The van der Waals surface area contributed by atoms with Crippen LogP contribution in [0.15, 0.2) is 24.3 Å². The monoisotopic (exact) mass is 338 g/mol. The highest BCUT2D eigenvalue weighted by atomic mass is 19.1. The minimum Gasteiger partial charge on any atom is -0.469 e. The molecule has 0 heterocycles. The molecule has 0 bridgehead atoms.